The number of aromatic nitrogens is 3. The molecule has 0 bridgehead atoms. The molecule has 0 amide bonds. The first-order chi connectivity index (χ1) is 8.60. The van der Waals surface area contributed by atoms with Gasteiger partial charge in [0.25, 0.3) is 0 Å². The Labute approximate surface area is 105 Å². The molecule has 0 fully saturated rings. The van der Waals surface area contributed by atoms with E-state index in [1.807, 2.05) is 26.8 Å². The zero-order valence-electron chi connectivity index (χ0n) is 10.6. The number of nitrogens with one attached hydrogen (secondary N) is 2. The third-order valence-electron chi connectivity index (χ3n) is 2.61. The fraction of sp³-hybridized carbons (Fsp3) is 0.364. The second-order valence-electron chi connectivity index (χ2n) is 4.02. The molecule has 4 N–H and O–H groups in total. The van der Waals surface area contributed by atoms with Crippen LogP contribution in [0.25, 0.3) is 0 Å². The molecular weight excluding hydrogens is 232 g/mol. The molecule has 0 aliphatic carbocycles. The summed E-state index contributed by atoms with van der Waals surface area (Å²) < 4.78 is 5.10. The Kier molecular flexibility index (Phi) is 3.42. The molecule has 7 heteroatoms. The van der Waals surface area contributed by atoms with E-state index >= 15 is 0 Å². The van der Waals surface area contributed by atoms with Crippen LogP contribution in [0.3, 0.4) is 0 Å². The number of hydrazine groups is 1. The molecule has 18 heavy (non-hydrogen) atoms. The lowest BCUT2D eigenvalue weighted by Gasteiger charge is -2.07. The van der Waals surface area contributed by atoms with Gasteiger partial charge in [0.2, 0.25) is 5.95 Å². The molecule has 0 aliphatic rings. The topological polar surface area (TPSA) is 102 Å². The maximum Gasteiger partial charge on any atom is 0.239 e. The van der Waals surface area contributed by atoms with Gasteiger partial charge < -0.3 is 9.84 Å². The van der Waals surface area contributed by atoms with Gasteiger partial charge in [0.15, 0.2) is 0 Å². The van der Waals surface area contributed by atoms with Crippen LogP contribution in [0, 0.1) is 20.8 Å². The molecule has 2 rings (SSSR count). The molecule has 0 spiro atoms. The van der Waals surface area contributed by atoms with E-state index in [9.17, 15) is 0 Å². The number of anilines is 2. The van der Waals surface area contributed by atoms with Crippen molar-refractivity contribution < 1.29 is 4.52 Å². The molecule has 2 heterocycles. The highest BCUT2D eigenvalue weighted by atomic mass is 16.5. The molecule has 0 aromatic carbocycles. The zero-order chi connectivity index (χ0) is 13.1. The monoisotopic (exact) mass is 248 g/mol. The molecular formula is C11H16N6O. The van der Waals surface area contributed by atoms with Gasteiger partial charge in [-0.25, -0.2) is 10.8 Å². The van der Waals surface area contributed by atoms with E-state index < -0.39 is 0 Å². The number of nitrogens with zero attached hydrogens (tertiary/aromatic N) is 3. The Balaban J connectivity index is 2.13. The molecule has 96 valence electrons. The largest absolute Gasteiger partial charge is 0.366 e. The molecule has 7 nitrogen and oxygen atoms in total. The van der Waals surface area contributed by atoms with Crippen LogP contribution in [-0.4, -0.2) is 15.1 Å². The summed E-state index contributed by atoms with van der Waals surface area (Å²) >= 11 is 0. The lowest BCUT2D eigenvalue weighted by atomic mass is 10.2. The van der Waals surface area contributed by atoms with Gasteiger partial charge in [-0.1, -0.05) is 5.16 Å². The standard InChI is InChI=1S/C11H16N6O/c1-6-4-10(15-11(14-6)16-12)13-5-9-7(2)17-18-8(9)3/h4H,5,12H2,1-3H3,(H2,13,14,15,16). The highest BCUT2D eigenvalue weighted by Gasteiger charge is 2.09. The van der Waals surface area contributed by atoms with Crippen molar-refractivity contribution in [3.05, 3.63) is 28.8 Å². The zero-order valence-corrected chi connectivity index (χ0v) is 10.6. The number of nitrogen functional groups attached to an aromatic ring is 1. The molecule has 2 aromatic heterocycles. The van der Waals surface area contributed by atoms with Crippen LogP contribution in [0.15, 0.2) is 10.6 Å². The number of aryl methyl sites for hydroxylation is 3. The van der Waals surface area contributed by atoms with Crippen LogP contribution >= 0.6 is 0 Å². The number of nitrogens with two attached hydrogens (primary N) is 1. The van der Waals surface area contributed by atoms with E-state index in [0.29, 0.717) is 18.3 Å². The summed E-state index contributed by atoms with van der Waals surface area (Å²) in [4.78, 5) is 8.32. The molecule has 0 saturated carbocycles. The summed E-state index contributed by atoms with van der Waals surface area (Å²) in [6.45, 7) is 6.27. The number of rotatable bonds is 4. The van der Waals surface area contributed by atoms with Crippen molar-refractivity contribution in [3.8, 4) is 0 Å². The highest BCUT2D eigenvalue weighted by Crippen LogP contribution is 2.15. The van der Waals surface area contributed by atoms with Gasteiger partial charge in [-0.15, -0.1) is 0 Å². The van der Waals surface area contributed by atoms with Gasteiger partial charge in [0.1, 0.15) is 11.6 Å². The van der Waals surface area contributed by atoms with Crippen LogP contribution in [0.2, 0.25) is 0 Å². The molecule has 2 aromatic rings. The fourth-order valence-corrected chi connectivity index (χ4v) is 1.66. The van der Waals surface area contributed by atoms with Crippen molar-refractivity contribution in [3.63, 3.8) is 0 Å². The normalized spacial score (nSPS) is 10.4. The first kappa shape index (κ1) is 12.3. The average molecular weight is 248 g/mol. The Bertz CT molecular complexity index is 531. The van der Waals surface area contributed by atoms with Crippen molar-refractivity contribution >= 4 is 11.8 Å². The predicted octanol–water partition coefficient (Wildman–Crippen LogP) is 1.29. The SMILES string of the molecule is Cc1cc(NCc2c(C)noc2C)nc(NN)n1. The summed E-state index contributed by atoms with van der Waals surface area (Å²) in [5, 5.41) is 7.10. The first-order valence-corrected chi connectivity index (χ1v) is 5.58. The van der Waals surface area contributed by atoms with Gasteiger partial charge in [-0.05, 0) is 20.8 Å². The summed E-state index contributed by atoms with van der Waals surface area (Å²) in [7, 11) is 0. The second kappa shape index (κ2) is 5.01. The van der Waals surface area contributed by atoms with Gasteiger partial charge in [-0.2, -0.15) is 4.98 Å². The Morgan fingerprint density at radius 2 is 2.06 bits per heavy atom. The minimum atomic E-state index is 0.385. The molecule has 0 radical (unpaired) electrons. The minimum absolute atomic E-state index is 0.385. The van der Waals surface area contributed by atoms with Crippen molar-refractivity contribution in [1.82, 2.24) is 15.1 Å². The predicted molar refractivity (Wildman–Crippen MR) is 67.9 cm³/mol. The smallest absolute Gasteiger partial charge is 0.239 e. The van der Waals surface area contributed by atoms with Crippen molar-refractivity contribution in [2.24, 2.45) is 5.84 Å². The van der Waals surface area contributed by atoms with Crippen LogP contribution in [-0.2, 0) is 6.54 Å². The molecule has 0 aliphatic heterocycles. The van der Waals surface area contributed by atoms with Crippen LogP contribution in [0.4, 0.5) is 11.8 Å². The van der Waals surface area contributed by atoms with E-state index in [1.54, 1.807) is 0 Å². The Morgan fingerprint density at radius 3 is 2.67 bits per heavy atom. The summed E-state index contributed by atoms with van der Waals surface area (Å²) in [6.07, 6.45) is 0. The van der Waals surface area contributed by atoms with E-state index in [4.69, 9.17) is 10.4 Å². The van der Waals surface area contributed by atoms with Crippen molar-refractivity contribution in [2.75, 3.05) is 10.7 Å². The van der Waals surface area contributed by atoms with Crippen molar-refractivity contribution in [1.29, 1.82) is 0 Å². The van der Waals surface area contributed by atoms with Gasteiger partial charge in [0.05, 0.1) is 5.69 Å². The van der Waals surface area contributed by atoms with E-state index in [1.165, 1.54) is 0 Å². The average Bonchev–Trinajstić information content (AvgIpc) is 2.66. The lowest BCUT2D eigenvalue weighted by Crippen LogP contribution is -2.12. The minimum Gasteiger partial charge on any atom is -0.366 e. The number of hydrogen-bond acceptors (Lipinski definition) is 7. The van der Waals surface area contributed by atoms with E-state index in [-0.39, 0.29) is 0 Å². The summed E-state index contributed by atoms with van der Waals surface area (Å²) in [5.74, 6) is 7.20. The molecule has 0 atom stereocenters. The molecule has 0 unspecified atom stereocenters. The Morgan fingerprint density at radius 1 is 1.28 bits per heavy atom. The van der Waals surface area contributed by atoms with Crippen LogP contribution in [0.1, 0.15) is 22.7 Å². The third-order valence-corrected chi connectivity index (χ3v) is 2.61. The first-order valence-electron chi connectivity index (χ1n) is 5.58. The van der Waals surface area contributed by atoms with Gasteiger partial charge >= 0.3 is 0 Å². The Hall–Kier alpha value is -2.15. The molecule has 0 saturated heterocycles. The maximum atomic E-state index is 5.30. The highest BCUT2D eigenvalue weighted by molar-refractivity contribution is 5.42. The summed E-state index contributed by atoms with van der Waals surface area (Å²) in [5.41, 5.74) is 5.18. The van der Waals surface area contributed by atoms with Crippen LogP contribution in [0.5, 0.6) is 0 Å². The van der Waals surface area contributed by atoms with Gasteiger partial charge in [-0.3, -0.25) is 5.43 Å². The number of hydrogen-bond donors (Lipinski definition) is 3. The van der Waals surface area contributed by atoms with Crippen molar-refractivity contribution in [2.45, 2.75) is 27.3 Å². The van der Waals surface area contributed by atoms with Crippen LogP contribution < -0.4 is 16.6 Å². The van der Waals surface area contributed by atoms with E-state index in [0.717, 1.165) is 22.7 Å². The summed E-state index contributed by atoms with van der Waals surface area (Å²) in [6, 6.07) is 1.85. The fourth-order valence-electron chi connectivity index (χ4n) is 1.66. The van der Waals surface area contributed by atoms with Gasteiger partial charge in [0, 0.05) is 23.9 Å². The van der Waals surface area contributed by atoms with E-state index in [2.05, 4.69) is 25.9 Å². The maximum absolute atomic E-state index is 5.30. The second-order valence-corrected chi connectivity index (χ2v) is 4.02. The third kappa shape index (κ3) is 2.57. The lowest BCUT2D eigenvalue weighted by molar-refractivity contribution is 0.392. The quantitative estimate of drug-likeness (QED) is 0.553.